The highest BCUT2D eigenvalue weighted by atomic mass is 16.5. The minimum atomic E-state index is -2.01. The van der Waals surface area contributed by atoms with E-state index in [-0.39, 0.29) is 0 Å². The van der Waals surface area contributed by atoms with Crippen LogP contribution >= 0.6 is 0 Å². The Hall–Kier alpha value is -3.29. The molecule has 3 aliphatic rings. The van der Waals surface area contributed by atoms with Gasteiger partial charge in [-0.1, -0.05) is 18.2 Å². The van der Waals surface area contributed by atoms with Crippen molar-refractivity contribution in [3.05, 3.63) is 24.4 Å². The predicted molar refractivity (Wildman–Crippen MR) is 67.1 cm³/mol. The molecule has 7 nitrogen and oxygen atoms in total. The molecule has 0 fully saturated rings. The average molecular weight is 279 g/mol. The summed E-state index contributed by atoms with van der Waals surface area (Å²) in [4.78, 5) is 12.9. The molecule has 0 aromatic rings. The van der Waals surface area contributed by atoms with Crippen LogP contribution in [0.3, 0.4) is 0 Å². The Bertz CT molecular complexity index is 682. The summed E-state index contributed by atoms with van der Waals surface area (Å²) in [7, 11) is 1.17. The van der Waals surface area contributed by atoms with Crippen molar-refractivity contribution >= 4 is 6.09 Å². The molecule has 3 rings (SSSR count). The average Bonchev–Trinajstić information content (AvgIpc) is 2.82. The highest BCUT2D eigenvalue weighted by Crippen LogP contribution is 2.54. The fraction of sp³-hybridized carbons (Fsp3) is 0.357. The summed E-state index contributed by atoms with van der Waals surface area (Å²) < 4.78 is 4.63. The SMILES string of the molecule is COC(=O)N1C=CC2C=CC1C(C#N)(C#N)C2(C#N)C#N. The third kappa shape index (κ3) is 1.46. The first-order valence-electron chi connectivity index (χ1n) is 5.94. The second-order valence-electron chi connectivity index (χ2n) is 4.64. The molecule has 0 radical (unpaired) electrons. The predicted octanol–water partition coefficient (Wildman–Crippen LogP) is 1.20. The van der Waals surface area contributed by atoms with E-state index < -0.39 is 28.9 Å². The second-order valence-corrected chi connectivity index (χ2v) is 4.64. The summed E-state index contributed by atoms with van der Waals surface area (Å²) in [6, 6.07) is 6.15. The number of amides is 1. The molecular weight excluding hydrogens is 270 g/mol. The van der Waals surface area contributed by atoms with Crippen LogP contribution in [-0.2, 0) is 4.74 Å². The number of fused-ring (bicyclic) bond motifs is 2. The van der Waals surface area contributed by atoms with Crippen LogP contribution in [0.2, 0.25) is 0 Å². The van der Waals surface area contributed by atoms with E-state index in [2.05, 4.69) is 4.74 Å². The molecule has 2 bridgehead atoms. The first kappa shape index (κ1) is 14.1. The van der Waals surface area contributed by atoms with Gasteiger partial charge in [-0.25, -0.2) is 4.79 Å². The van der Waals surface area contributed by atoms with E-state index in [1.54, 1.807) is 18.2 Å². The summed E-state index contributed by atoms with van der Waals surface area (Å²) >= 11 is 0. The Kier molecular flexibility index (Phi) is 3.14. The van der Waals surface area contributed by atoms with Crippen molar-refractivity contribution in [1.82, 2.24) is 4.90 Å². The molecule has 0 saturated carbocycles. The molecule has 0 aromatic carbocycles. The lowest BCUT2D eigenvalue weighted by Crippen LogP contribution is -2.56. The van der Waals surface area contributed by atoms with Crippen LogP contribution in [0.15, 0.2) is 24.4 Å². The van der Waals surface area contributed by atoms with Crippen molar-refractivity contribution < 1.29 is 9.53 Å². The fourth-order valence-corrected chi connectivity index (χ4v) is 2.76. The second kappa shape index (κ2) is 4.67. The zero-order valence-electron chi connectivity index (χ0n) is 11.0. The first-order chi connectivity index (χ1) is 10.1. The highest BCUT2D eigenvalue weighted by Gasteiger charge is 2.66. The number of allylic oxidation sites excluding steroid dienone is 2. The van der Waals surface area contributed by atoms with E-state index in [1.165, 1.54) is 25.5 Å². The minimum Gasteiger partial charge on any atom is -0.452 e. The maximum Gasteiger partial charge on any atom is 0.414 e. The van der Waals surface area contributed by atoms with Gasteiger partial charge in [-0.2, -0.15) is 21.0 Å². The number of hydrogen-bond acceptors (Lipinski definition) is 6. The lowest BCUT2D eigenvalue weighted by molar-refractivity contribution is 0.101. The van der Waals surface area contributed by atoms with E-state index >= 15 is 0 Å². The van der Waals surface area contributed by atoms with Gasteiger partial charge in [-0.3, -0.25) is 4.90 Å². The summed E-state index contributed by atoms with van der Waals surface area (Å²) in [6.07, 6.45) is 5.07. The first-order valence-corrected chi connectivity index (χ1v) is 5.94. The van der Waals surface area contributed by atoms with Gasteiger partial charge in [0.15, 0.2) is 10.8 Å². The van der Waals surface area contributed by atoms with Crippen molar-refractivity contribution in [2.24, 2.45) is 16.7 Å². The molecular formula is C14H9N5O2. The minimum absolute atomic E-state index is 0.766. The number of nitrogens with zero attached hydrogens (tertiary/aromatic N) is 5. The normalized spacial score (nSPS) is 26.6. The van der Waals surface area contributed by atoms with Crippen molar-refractivity contribution in [2.75, 3.05) is 7.11 Å². The summed E-state index contributed by atoms with van der Waals surface area (Å²) in [5, 5.41) is 38.1. The van der Waals surface area contributed by atoms with Crippen LogP contribution in [-0.4, -0.2) is 24.1 Å². The largest absolute Gasteiger partial charge is 0.452 e. The molecule has 102 valence electrons. The van der Waals surface area contributed by atoms with Gasteiger partial charge in [-0.05, 0) is 0 Å². The molecule has 1 aliphatic carbocycles. The van der Waals surface area contributed by atoms with Gasteiger partial charge in [0.1, 0.15) is 0 Å². The van der Waals surface area contributed by atoms with Crippen LogP contribution < -0.4 is 0 Å². The van der Waals surface area contributed by atoms with E-state index in [4.69, 9.17) is 0 Å². The van der Waals surface area contributed by atoms with Gasteiger partial charge >= 0.3 is 6.09 Å². The quantitative estimate of drug-likeness (QED) is 0.613. The molecule has 2 unspecified atom stereocenters. The Morgan fingerprint density at radius 1 is 1.05 bits per heavy atom. The molecule has 0 N–H and O–H groups in total. The number of ether oxygens (including phenoxy) is 1. The van der Waals surface area contributed by atoms with Crippen LogP contribution in [0, 0.1) is 62.1 Å². The number of rotatable bonds is 0. The summed E-state index contributed by atoms with van der Waals surface area (Å²) in [5.41, 5.74) is -3.90. The smallest absolute Gasteiger partial charge is 0.414 e. The molecule has 0 saturated heterocycles. The van der Waals surface area contributed by atoms with Crippen molar-refractivity contribution in [2.45, 2.75) is 6.04 Å². The lowest BCUT2D eigenvalue weighted by Gasteiger charge is -2.42. The molecule has 7 heteroatoms. The standard InChI is InChI=1S/C14H9N5O2/c1-21-12(20)19-5-4-10-2-3-11(19)14(8-17,9-18)13(10,6-15)7-16/h2-5,10-11H,1H3. The molecule has 2 aliphatic heterocycles. The number of carbonyl (C=O) groups is 1. The van der Waals surface area contributed by atoms with Crippen LogP contribution in [0.4, 0.5) is 4.79 Å². The van der Waals surface area contributed by atoms with Gasteiger partial charge in [-0.15, -0.1) is 0 Å². The highest BCUT2D eigenvalue weighted by molar-refractivity contribution is 5.71. The van der Waals surface area contributed by atoms with Gasteiger partial charge in [0, 0.05) is 12.1 Å². The van der Waals surface area contributed by atoms with Crippen molar-refractivity contribution in [3.8, 4) is 24.3 Å². The fourth-order valence-electron chi connectivity index (χ4n) is 2.76. The lowest BCUT2D eigenvalue weighted by atomic mass is 9.54. The van der Waals surface area contributed by atoms with Gasteiger partial charge in [0.25, 0.3) is 0 Å². The Balaban J connectivity index is 2.78. The number of nitriles is 4. The van der Waals surface area contributed by atoms with Gasteiger partial charge < -0.3 is 4.74 Å². The van der Waals surface area contributed by atoms with Crippen LogP contribution in [0.1, 0.15) is 0 Å². The van der Waals surface area contributed by atoms with Gasteiger partial charge in [0.05, 0.1) is 37.4 Å². The third-order valence-corrected chi connectivity index (χ3v) is 3.91. The molecule has 0 spiro atoms. The number of hydrogen-bond donors (Lipinski definition) is 0. The summed E-state index contributed by atoms with van der Waals surface area (Å²) in [5.74, 6) is -0.766. The Labute approximate surface area is 121 Å². The van der Waals surface area contributed by atoms with E-state index in [1.807, 2.05) is 12.1 Å². The van der Waals surface area contributed by atoms with Gasteiger partial charge in [0.2, 0.25) is 0 Å². The number of carbonyl (C=O) groups excluding carboxylic acids is 1. The monoisotopic (exact) mass is 279 g/mol. The maximum absolute atomic E-state index is 11.8. The summed E-state index contributed by atoms with van der Waals surface area (Å²) in [6.45, 7) is 0. The van der Waals surface area contributed by atoms with Crippen LogP contribution in [0.5, 0.6) is 0 Å². The van der Waals surface area contributed by atoms with E-state index in [9.17, 15) is 25.8 Å². The topological polar surface area (TPSA) is 125 Å². The third-order valence-electron chi connectivity index (χ3n) is 3.91. The van der Waals surface area contributed by atoms with Crippen LogP contribution in [0.25, 0.3) is 0 Å². The molecule has 2 heterocycles. The molecule has 0 aromatic heterocycles. The number of methoxy groups -OCH3 is 1. The Morgan fingerprint density at radius 3 is 2.10 bits per heavy atom. The van der Waals surface area contributed by atoms with E-state index in [0.717, 1.165) is 4.90 Å². The molecule has 1 amide bonds. The van der Waals surface area contributed by atoms with Crippen molar-refractivity contribution in [1.29, 1.82) is 21.0 Å². The molecule has 21 heavy (non-hydrogen) atoms. The molecule has 2 atom stereocenters. The zero-order valence-corrected chi connectivity index (χ0v) is 11.0. The maximum atomic E-state index is 11.8. The zero-order chi connectivity index (χ0) is 15.7. The Morgan fingerprint density at radius 2 is 1.62 bits per heavy atom. The van der Waals surface area contributed by atoms with E-state index in [0.29, 0.717) is 0 Å². The van der Waals surface area contributed by atoms with Crippen molar-refractivity contribution in [3.63, 3.8) is 0 Å².